The number of rotatable bonds is 5. The number of hydrogen-bond acceptors (Lipinski definition) is 4. The van der Waals surface area contributed by atoms with Crippen molar-refractivity contribution >= 4 is 11.6 Å². The maximum atomic E-state index is 9.23. The molecule has 0 saturated carbocycles. The third kappa shape index (κ3) is 2.78. The topological polar surface area (TPSA) is 61.7 Å². The Bertz CT molecular complexity index is 432. The van der Waals surface area contributed by atoms with Crippen molar-refractivity contribution in [2.45, 2.75) is 25.4 Å². The van der Waals surface area contributed by atoms with Crippen molar-refractivity contribution in [2.75, 3.05) is 19.8 Å². The monoisotopic (exact) mass is 271 g/mol. The highest BCUT2D eigenvalue weighted by Crippen LogP contribution is 2.32. The Morgan fingerprint density at radius 2 is 2.11 bits per heavy atom. The van der Waals surface area contributed by atoms with E-state index >= 15 is 0 Å². The number of halogens is 1. The molecular formula is C13H18ClNO3. The average molecular weight is 272 g/mol. The number of aliphatic hydroxyl groups is 2. The summed E-state index contributed by atoms with van der Waals surface area (Å²) in [5, 5.41) is 22.3. The summed E-state index contributed by atoms with van der Waals surface area (Å²) in [7, 11) is 0. The van der Waals surface area contributed by atoms with E-state index in [4.69, 9.17) is 16.3 Å². The molecule has 5 heteroatoms. The molecule has 0 aliphatic carbocycles. The van der Waals surface area contributed by atoms with Crippen LogP contribution in [0.1, 0.15) is 18.1 Å². The molecule has 1 aromatic carbocycles. The SMILES string of the molecule is CC(CO)(CO)NCc1cc(Cl)cc2c1OCC2. The van der Waals surface area contributed by atoms with Crippen LogP contribution in [0.5, 0.6) is 5.75 Å². The fraction of sp³-hybridized carbons (Fsp3) is 0.538. The van der Waals surface area contributed by atoms with Crippen molar-refractivity contribution in [3.63, 3.8) is 0 Å². The first-order chi connectivity index (χ1) is 8.58. The van der Waals surface area contributed by atoms with Gasteiger partial charge in [0.2, 0.25) is 0 Å². The molecular weight excluding hydrogens is 254 g/mol. The largest absolute Gasteiger partial charge is 0.493 e. The highest BCUT2D eigenvalue weighted by Gasteiger charge is 2.23. The van der Waals surface area contributed by atoms with Crippen LogP contribution in [-0.4, -0.2) is 35.6 Å². The summed E-state index contributed by atoms with van der Waals surface area (Å²) in [4.78, 5) is 0. The molecule has 3 N–H and O–H groups in total. The van der Waals surface area contributed by atoms with E-state index in [1.54, 1.807) is 6.92 Å². The smallest absolute Gasteiger partial charge is 0.127 e. The van der Waals surface area contributed by atoms with Crippen LogP contribution in [0.3, 0.4) is 0 Å². The quantitative estimate of drug-likeness (QED) is 0.751. The summed E-state index contributed by atoms with van der Waals surface area (Å²) >= 11 is 6.06. The minimum absolute atomic E-state index is 0.132. The van der Waals surface area contributed by atoms with Crippen LogP contribution < -0.4 is 10.1 Å². The van der Waals surface area contributed by atoms with E-state index in [9.17, 15) is 10.2 Å². The summed E-state index contributed by atoms with van der Waals surface area (Å²) in [6.45, 7) is 2.68. The molecule has 0 amide bonds. The Kier molecular flexibility index (Phi) is 4.12. The van der Waals surface area contributed by atoms with Crippen LogP contribution in [0.25, 0.3) is 0 Å². The Hall–Kier alpha value is -0.810. The highest BCUT2D eigenvalue weighted by molar-refractivity contribution is 6.30. The number of nitrogens with one attached hydrogen (secondary N) is 1. The first-order valence-corrected chi connectivity index (χ1v) is 6.36. The van der Waals surface area contributed by atoms with Crippen molar-refractivity contribution in [1.82, 2.24) is 5.32 Å². The Balaban J connectivity index is 2.15. The zero-order valence-corrected chi connectivity index (χ0v) is 11.1. The molecule has 2 rings (SSSR count). The predicted octanol–water partition coefficient (Wildman–Crippen LogP) is 1.11. The van der Waals surface area contributed by atoms with Crippen LogP contribution in [0.15, 0.2) is 12.1 Å². The lowest BCUT2D eigenvalue weighted by molar-refractivity contribution is 0.103. The van der Waals surface area contributed by atoms with E-state index in [1.807, 2.05) is 12.1 Å². The Labute approximate surface area is 112 Å². The van der Waals surface area contributed by atoms with Crippen LogP contribution in [0.4, 0.5) is 0 Å². The van der Waals surface area contributed by atoms with Crippen LogP contribution in [-0.2, 0) is 13.0 Å². The van der Waals surface area contributed by atoms with Gasteiger partial charge in [-0.1, -0.05) is 11.6 Å². The molecule has 0 fully saturated rings. The summed E-state index contributed by atoms with van der Waals surface area (Å²) < 4.78 is 5.59. The zero-order chi connectivity index (χ0) is 13.2. The van der Waals surface area contributed by atoms with Gasteiger partial charge in [0.1, 0.15) is 5.75 Å². The zero-order valence-electron chi connectivity index (χ0n) is 10.4. The van der Waals surface area contributed by atoms with Gasteiger partial charge in [-0.25, -0.2) is 0 Å². The number of hydrogen-bond donors (Lipinski definition) is 3. The van der Waals surface area contributed by atoms with E-state index < -0.39 is 5.54 Å². The summed E-state index contributed by atoms with van der Waals surface area (Å²) in [5.74, 6) is 0.880. The Morgan fingerprint density at radius 1 is 1.39 bits per heavy atom. The second-order valence-corrected chi connectivity index (χ2v) is 5.32. The van der Waals surface area contributed by atoms with Gasteiger partial charge in [-0.15, -0.1) is 0 Å². The molecule has 0 radical (unpaired) electrons. The lowest BCUT2D eigenvalue weighted by Gasteiger charge is -2.26. The highest BCUT2D eigenvalue weighted by atomic mass is 35.5. The first-order valence-electron chi connectivity index (χ1n) is 5.99. The molecule has 1 heterocycles. The lowest BCUT2D eigenvalue weighted by atomic mass is 10.0. The van der Waals surface area contributed by atoms with E-state index in [2.05, 4.69) is 5.32 Å². The molecule has 1 aliphatic rings. The fourth-order valence-electron chi connectivity index (χ4n) is 1.95. The number of benzene rings is 1. The average Bonchev–Trinajstić information content (AvgIpc) is 2.83. The first kappa shape index (κ1) is 13.6. The van der Waals surface area contributed by atoms with Crippen molar-refractivity contribution in [3.8, 4) is 5.75 Å². The van der Waals surface area contributed by atoms with Gasteiger partial charge < -0.3 is 20.3 Å². The molecule has 0 bridgehead atoms. The van der Waals surface area contributed by atoms with Gasteiger partial charge in [0, 0.05) is 23.6 Å². The molecule has 100 valence electrons. The molecule has 0 saturated heterocycles. The van der Waals surface area contributed by atoms with Gasteiger partial charge in [-0.2, -0.15) is 0 Å². The van der Waals surface area contributed by atoms with Crippen molar-refractivity contribution in [2.24, 2.45) is 0 Å². The number of aliphatic hydroxyl groups excluding tert-OH is 2. The molecule has 0 unspecified atom stereocenters. The van der Waals surface area contributed by atoms with Crippen molar-refractivity contribution < 1.29 is 14.9 Å². The van der Waals surface area contributed by atoms with Gasteiger partial charge in [0.25, 0.3) is 0 Å². The van der Waals surface area contributed by atoms with Gasteiger partial charge in [-0.3, -0.25) is 0 Å². The lowest BCUT2D eigenvalue weighted by Crippen LogP contribution is -2.48. The number of ether oxygens (including phenoxy) is 1. The van der Waals surface area contributed by atoms with Gasteiger partial charge in [0.15, 0.2) is 0 Å². The van der Waals surface area contributed by atoms with Gasteiger partial charge >= 0.3 is 0 Å². The van der Waals surface area contributed by atoms with E-state index in [0.29, 0.717) is 18.2 Å². The van der Waals surface area contributed by atoms with Gasteiger partial charge in [0.05, 0.1) is 25.4 Å². The maximum Gasteiger partial charge on any atom is 0.127 e. The standard InChI is InChI=1S/C13H18ClNO3/c1-13(7-16,8-17)15-6-10-5-11(14)4-9-2-3-18-12(9)10/h4-5,15-17H,2-3,6-8H2,1H3. The summed E-state index contributed by atoms with van der Waals surface area (Å²) in [5.41, 5.74) is 1.38. The van der Waals surface area contributed by atoms with Crippen LogP contribution >= 0.6 is 11.6 Å². The minimum atomic E-state index is -0.701. The molecule has 0 spiro atoms. The number of fused-ring (bicyclic) bond motifs is 1. The molecule has 0 atom stereocenters. The van der Waals surface area contributed by atoms with Gasteiger partial charge in [-0.05, 0) is 24.6 Å². The molecule has 0 aromatic heterocycles. The normalized spacial score (nSPS) is 14.4. The van der Waals surface area contributed by atoms with Crippen molar-refractivity contribution in [3.05, 3.63) is 28.3 Å². The minimum Gasteiger partial charge on any atom is -0.493 e. The molecule has 18 heavy (non-hydrogen) atoms. The van der Waals surface area contributed by atoms with E-state index in [1.165, 1.54) is 0 Å². The van der Waals surface area contributed by atoms with Crippen LogP contribution in [0.2, 0.25) is 5.02 Å². The Morgan fingerprint density at radius 3 is 2.78 bits per heavy atom. The second-order valence-electron chi connectivity index (χ2n) is 4.88. The van der Waals surface area contributed by atoms with E-state index in [0.717, 1.165) is 23.3 Å². The maximum absolute atomic E-state index is 9.23. The fourth-order valence-corrected chi connectivity index (χ4v) is 2.21. The third-order valence-corrected chi connectivity index (χ3v) is 3.45. The third-order valence-electron chi connectivity index (χ3n) is 3.23. The molecule has 1 aliphatic heterocycles. The van der Waals surface area contributed by atoms with Crippen LogP contribution in [0, 0.1) is 0 Å². The second kappa shape index (κ2) is 5.45. The van der Waals surface area contributed by atoms with E-state index in [-0.39, 0.29) is 13.2 Å². The summed E-state index contributed by atoms with van der Waals surface area (Å²) in [6, 6.07) is 3.78. The van der Waals surface area contributed by atoms with Crippen molar-refractivity contribution in [1.29, 1.82) is 0 Å². The summed E-state index contributed by atoms with van der Waals surface area (Å²) in [6.07, 6.45) is 0.875. The predicted molar refractivity (Wildman–Crippen MR) is 70.1 cm³/mol. The molecule has 1 aromatic rings. The molecule has 4 nitrogen and oxygen atoms in total.